The van der Waals surface area contributed by atoms with Crippen LogP contribution in [-0.2, 0) is 11.3 Å². The number of rotatable bonds is 5. The third kappa shape index (κ3) is 4.51. The van der Waals surface area contributed by atoms with Gasteiger partial charge < -0.3 is 20.7 Å². The molecule has 0 aromatic carbocycles. The van der Waals surface area contributed by atoms with Crippen LogP contribution in [0.4, 0.5) is 26.1 Å². The van der Waals surface area contributed by atoms with Gasteiger partial charge in [0.25, 0.3) is 6.43 Å². The number of piperazine rings is 1. The van der Waals surface area contributed by atoms with Gasteiger partial charge in [0.15, 0.2) is 5.82 Å². The van der Waals surface area contributed by atoms with E-state index in [1.807, 2.05) is 19.2 Å². The molecule has 1 unspecified atom stereocenters. The predicted octanol–water partition coefficient (Wildman–Crippen LogP) is 2.38. The molecule has 2 aliphatic heterocycles. The number of hydrogen-bond acceptors (Lipinski definition) is 9. The molecule has 9 nitrogen and oxygen atoms in total. The van der Waals surface area contributed by atoms with Crippen molar-refractivity contribution < 1.29 is 13.5 Å². The number of nitrogens with zero attached hydrogens (tertiary/aromatic N) is 6. The highest BCUT2D eigenvalue weighted by Crippen LogP contribution is 2.28. The number of nitrogens with one attached hydrogen (secondary N) is 1. The van der Waals surface area contributed by atoms with Crippen LogP contribution in [-0.4, -0.2) is 70.5 Å². The standard InChI is InChI=1S/C22H26F2N8O/c1-13-18-10-26-20(32-3-2-31-4-5-33-12-16(31)11-32)8-17(18)22(30-29-13)27-9-15-6-14(25)7-19(28-15)21(23)24/h6-8,10,16,21H,2-5,9,11-12H2,1H3,(H2,25,28)(H,27,30). The summed E-state index contributed by atoms with van der Waals surface area (Å²) in [4.78, 5) is 13.4. The normalized spacial score (nSPS) is 19.2. The predicted molar refractivity (Wildman–Crippen MR) is 121 cm³/mol. The van der Waals surface area contributed by atoms with Gasteiger partial charge in [-0.15, -0.1) is 5.10 Å². The van der Waals surface area contributed by atoms with Gasteiger partial charge >= 0.3 is 0 Å². The first-order valence-corrected chi connectivity index (χ1v) is 11.0. The molecule has 5 rings (SSSR count). The van der Waals surface area contributed by atoms with Crippen molar-refractivity contribution in [3.05, 3.63) is 41.5 Å². The summed E-state index contributed by atoms with van der Waals surface area (Å²) in [7, 11) is 0. The van der Waals surface area contributed by atoms with Crippen molar-refractivity contribution in [1.82, 2.24) is 25.1 Å². The van der Waals surface area contributed by atoms with Crippen molar-refractivity contribution in [3.63, 3.8) is 0 Å². The fourth-order valence-electron chi connectivity index (χ4n) is 4.43. The first kappa shape index (κ1) is 21.7. The number of morpholine rings is 1. The van der Waals surface area contributed by atoms with Crippen LogP contribution in [0.25, 0.3) is 10.8 Å². The highest BCUT2D eigenvalue weighted by Gasteiger charge is 2.30. The molecule has 0 bridgehead atoms. The second-order valence-corrected chi connectivity index (χ2v) is 8.40. The number of aromatic nitrogens is 4. The van der Waals surface area contributed by atoms with Gasteiger partial charge in [0.1, 0.15) is 11.5 Å². The first-order chi connectivity index (χ1) is 16.0. The third-order valence-electron chi connectivity index (χ3n) is 6.18. The van der Waals surface area contributed by atoms with Crippen molar-refractivity contribution >= 4 is 28.1 Å². The number of halogens is 2. The smallest absolute Gasteiger partial charge is 0.280 e. The van der Waals surface area contributed by atoms with Gasteiger partial charge in [-0.2, -0.15) is 5.10 Å². The molecule has 0 radical (unpaired) electrons. The molecule has 5 heterocycles. The Labute approximate surface area is 190 Å². The maximum atomic E-state index is 13.1. The van der Waals surface area contributed by atoms with E-state index in [9.17, 15) is 8.78 Å². The maximum absolute atomic E-state index is 13.1. The van der Waals surface area contributed by atoms with Crippen LogP contribution >= 0.6 is 0 Å². The monoisotopic (exact) mass is 456 g/mol. The number of nitrogens with two attached hydrogens (primary N) is 1. The zero-order valence-corrected chi connectivity index (χ0v) is 18.3. The SMILES string of the molecule is Cc1nnc(NCc2cc(N)cc(C(F)F)n2)c2cc(N3CCN4CCOCC4C3)ncc12. The molecule has 3 aromatic rings. The summed E-state index contributed by atoms with van der Waals surface area (Å²) >= 11 is 0. The van der Waals surface area contributed by atoms with Gasteiger partial charge in [0.05, 0.1) is 37.2 Å². The van der Waals surface area contributed by atoms with Crippen molar-refractivity contribution in [3.8, 4) is 0 Å². The molecule has 0 aliphatic carbocycles. The van der Waals surface area contributed by atoms with E-state index < -0.39 is 6.43 Å². The molecule has 0 amide bonds. The van der Waals surface area contributed by atoms with Crippen LogP contribution in [0.15, 0.2) is 24.4 Å². The Morgan fingerprint density at radius 1 is 1.18 bits per heavy atom. The number of pyridine rings is 2. The summed E-state index contributed by atoms with van der Waals surface area (Å²) in [5.41, 5.74) is 6.84. The van der Waals surface area contributed by atoms with E-state index in [-0.39, 0.29) is 17.9 Å². The highest BCUT2D eigenvalue weighted by atomic mass is 19.3. The van der Waals surface area contributed by atoms with E-state index in [0.29, 0.717) is 17.6 Å². The van der Waals surface area contributed by atoms with Crippen LogP contribution in [0.3, 0.4) is 0 Å². The van der Waals surface area contributed by atoms with Gasteiger partial charge in [0.2, 0.25) is 0 Å². The Balaban J connectivity index is 1.41. The number of nitrogen functional groups attached to an aromatic ring is 1. The zero-order valence-electron chi connectivity index (χ0n) is 18.3. The molecule has 1 atom stereocenters. The largest absolute Gasteiger partial charge is 0.399 e. The van der Waals surface area contributed by atoms with Crippen molar-refractivity contribution in [2.24, 2.45) is 0 Å². The van der Waals surface area contributed by atoms with Crippen LogP contribution in [0, 0.1) is 6.92 Å². The number of alkyl halides is 2. The summed E-state index contributed by atoms with van der Waals surface area (Å²) in [5, 5.41) is 13.5. The second kappa shape index (κ2) is 8.99. The molecule has 174 valence electrons. The minimum absolute atomic E-state index is 0.188. The van der Waals surface area contributed by atoms with Crippen molar-refractivity contribution in [2.75, 3.05) is 55.3 Å². The van der Waals surface area contributed by atoms with Crippen LogP contribution in [0.5, 0.6) is 0 Å². The minimum atomic E-state index is -2.68. The van der Waals surface area contributed by atoms with E-state index >= 15 is 0 Å². The molecule has 33 heavy (non-hydrogen) atoms. The van der Waals surface area contributed by atoms with Gasteiger partial charge in [0, 0.05) is 48.8 Å². The second-order valence-electron chi connectivity index (χ2n) is 8.40. The molecule has 3 N–H and O–H groups in total. The molecular formula is C22H26F2N8O. The molecule has 11 heteroatoms. The summed E-state index contributed by atoms with van der Waals surface area (Å²) in [5.74, 6) is 1.41. The Morgan fingerprint density at radius 3 is 2.91 bits per heavy atom. The zero-order chi connectivity index (χ0) is 22.9. The van der Waals surface area contributed by atoms with E-state index in [2.05, 4.69) is 35.3 Å². The average molecular weight is 457 g/mol. The molecule has 0 saturated carbocycles. The van der Waals surface area contributed by atoms with E-state index in [1.54, 1.807) is 6.07 Å². The van der Waals surface area contributed by atoms with Gasteiger partial charge in [-0.3, -0.25) is 4.90 Å². The fourth-order valence-corrected chi connectivity index (χ4v) is 4.43. The topological polar surface area (TPSA) is 105 Å². The lowest BCUT2D eigenvalue weighted by atomic mass is 10.1. The van der Waals surface area contributed by atoms with Crippen LogP contribution < -0.4 is 16.0 Å². The van der Waals surface area contributed by atoms with Crippen LogP contribution in [0.2, 0.25) is 0 Å². The first-order valence-electron chi connectivity index (χ1n) is 11.0. The number of fused-ring (bicyclic) bond motifs is 2. The maximum Gasteiger partial charge on any atom is 0.280 e. The van der Waals surface area contributed by atoms with E-state index in [1.165, 1.54) is 6.07 Å². The minimum Gasteiger partial charge on any atom is -0.399 e. The van der Waals surface area contributed by atoms with Gasteiger partial charge in [-0.25, -0.2) is 18.7 Å². The quantitative estimate of drug-likeness (QED) is 0.599. The van der Waals surface area contributed by atoms with Crippen LogP contribution in [0.1, 0.15) is 23.5 Å². The molecular weight excluding hydrogens is 430 g/mol. The summed E-state index contributed by atoms with van der Waals surface area (Å²) in [6.07, 6.45) is -0.868. The lowest BCUT2D eigenvalue weighted by molar-refractivity contribution is -0.0117. The molecule has 2 fully saturated rings. The third-order valence-corrected chi connectivity index (χ3v) is 6.18. The van der Waals surface area contributed by atoms with E-state index in [4.69, 9.17) is 10.5 Å². The molecule has 0 spiro atoms. The highest BCUT2D eigenvalue weighted by molar-refractivity contribution is 5.94. The Morgan fingerprint density at radius 2 is 2.06 bits per heavy atom. The Hall–Kier alpha value is -3.18. The van der Waals surface area contributed by atoms with Crippen molar-refractivity contribution in [2.45, 2.75) is 25.9 Å². The average Bonchev–Trinajstić information content (AvgIpc) is 2.83. The number of aryl methyl sites for hydroxylation is 1. The number of anilines is 3. The van der Waals surface area contributed by atoms with E-state index in [0.717, 1.165) is 61.7 Å². The summed E-state index contributed by atoms with van der Waals surface area (Å²) in [6.45, 7) is 7.27. The summed E-state index contributed by atoms with van der Waals surface area (Å²) < 4.78 is 31.8. The lowest BCUT2D eigenvalue weighted by Gasteiger charge is -2.44. The lowest BCUT2D eigenvalue weighted by Crippen LogP contribution is -2.58. The molecule has 3 aromatic heterocycles. The van der Waals surface area contributed by atoms with Gasteiger partial charge in [-0.1, -0.05) is 0 Å². The Kier molecular flexibility index (Phi) is 5.90. The van der Waals surface area contributed by atoms with Crippen molar-refractivity contribution in [1.29, 1.82) is 0 Å². The number of hydrogen-bond donors (Lipinski definition) is 2. The molecule has 2 saturated heterocycles. The van der Waals surface area contributed by atoms with Gasteiger partial charge in [-0.05, 0) is 25.1 Å². The fraction of sp³-hybridized carbons (Fsp3) is 0.455. The Bertz CT molecular complexity index is 1160. The summed E-state index contributed by atoms with van der Waals surface area (Å²) in [6, 6.07) is 5.13. The number of ether oxygens (including phenoxy) is 1. The molecule has 2 aliphatic rings.